The summed E-state index contributed by atoms with van der Waals surface area (Å²) in [5, 5.41) is 4.47. The molecule has 5 heteroatoms. The highest BCUT2D eigenvalue weighted by Gasteiger charge is 2.17. The molecule has 0 saturated heterocycles. The first-order valence-corrected chi connectivity index (χ1v) is 14.5. The van der Waals surface area contributed by atoms with Crippen LogP contribution in [-0.2, 0) is 0 Å². The molecule has 0 unspecified atom stereocenters. The maximum atomic E-state index is 5.15. The molecule has 8 rings (SSSR count). The van der Waals surface area contributed by atoms with E-state index >= 15 is 0 Å². The number of hydrogen-bond donors (Lipinski definition) is 0. The van der Waals surface area contributed by atoms with Crippen molar-refractivity contribution in [1.82, 2.24) is 24.9 Å². The summed E-state index contributed by atoms with van der Waals surface area (Å²) in [6, 6.07) is 43.8. The Morgan fingerprint density at radius 3 is 1.23 bits per heavy atom. The molecule has 0 amide bonds. The van der Waals surface area contributed by atoms with E-state index in [0.717, 1.165) is 60.5 Å². The van der Waals surface area contributed by atoms with E-state index in [0.29, 0.717) is 17.5 Å². The summed E-state index contributed by atoms with van der Waals surface area (Å²) < 4.78 is 0. The average molecular weight is 564 g/mol. The highest BCUT2D eigenvalue weighted by Crippen LogP contribution is 2.35. The highest BCUT2D eigenvalue weighted by atomic mass is 15.0. The van der Waals surface area contributed by atoms with Gasteiger partial charge in [-0.3, -0.25) is 9.97 Å². The van der Waals surface area contributed by atoms with Gasteiger partial charge in [-0.25, -0.2) is 15.0 Å². The fourth-order valence-electron chi connectivity index (χ4n) is 5.77. The van der Waals surface area contributed by atoms with Crippen LogP contribution in [0.5, 0.6) is 0 Å². The molecule has 44 heavy (non-hydrogen) atoms. The minimum absolute atomic E-state index is 0.608. The number of pyridine rings is 2. The van der Waals surface area contributed by atoms with Crippen molar-refractivity contribution in [2.75, 3.05) is 0 Å². The van der Waals surface area contributed by atoms with E-state index in [1.807, 2.05) is 49.1 Å². The van der Waals surface area contributed by atoms with Crippen LogP contribution < -0.4 is 0 Å². The Labute approximate surface area is 254 Å². The van der Waals surface area contributed by atoms with Gasteiger partial charge in [-0.05, 0) is 86.3 Å². The lowest BCUT2D eigenvalue weighted by Crippen LogP contribution is -2.01. The van der Waals surface area contributed by atoms with Crippen LogP contribution in [0.1, 0.15) is 0 Å². The predicted octanol–water partition coefficient (Wildman–Crippen LogP) is 9.30. The SMILES string of the molecule is c1ccc2c(-c3nc(-c4cc(-c5ccncc5)cc(-c5ccncc5)c4)nc(-c4cccc5ccccc45)n3)cccc2c1. The normalized spacial score (nSPS) is 11.2. The van der Waals surface area contributed by atoms with Crippen molar-refractivity contribution in [3.63, 3.8) is 0 Å². The van der Waals surface area contributed by atoms with Crippen molar-refractivity contribution in [1.29, 1.82) is 0 Å². The predicted molar refractivity (Wildman–Crippen MR) is 178 cm³/mol. The van der Waals surface area contributed by atoms with Crippen molar-refractivity contribution in [3.05, 3.63) is 152 Å². The van der Waals surface area contributed by atoms with Gasteiger partial charge in [0.05, 0.1) is 0 Å². The number of benzene rings is 5. The Balaban J connectivity index is 1.41. The number of fused-ring (bicyclic) bond motifs is 2. The molecule has 3 heterocycles. The number of hydrogen-bond acceptors (Lipinski definition) is 5. The second kappa shape index (κ2) is 11.0. The monoisotopic (exact) mass is 563 g/mol. The Morgan fingerprint density at radius 2 is 0.727 bits per heavy atom. The molecule has 0 atom stereocenters. The molecule has 0 N–H and O–H groups in total. The minimum atomic E-state index is 0.608. The second-order valence-electron chi connectivity index (χ2n) is 10.6. The summed E-state index contributed by atoms with van der Waals surface area (Å²) >= 11 is 0. The minimum Gasteiger partial charge on any atom is -0.265 e. The quantitative estimate of drug-likeness (QED) is 0.209. The lowest BCUT2D eigenvalue weighted by molar-refractivity contribution is 1.08. The smallest absolute Gasteiger partial charge is 0.164 e. The van der Waals surface area contributed by atoms with Crippen LogP contribution in [0, 0.1) is 0 Å². The molecule has 0 radical (unpaired) electrons. The Hall–Kier alpha value is -6.07. The van der Waals surface area contributed by atoms with Crippen molar-refractivity contribution < 1.29 is 0 Å². The second-order valence-corrected chi connectivity index (χ2v) is 10.6. The average Bonchev–Trinajstić information content (AvgIpc) is 3.11. The molecule has 0 aliphatic carbocycles. The Bertz CT molecular complexity index is 2120. The van der Waals surface area contributed by atoms with E-state index in [9.17, 15) is 0 Å². The fourth-order valence-corrected chi connectivity index (χ4v) is 5.77. The molecule has 0 aliphatic rings. The van der Waals surface area contributed by atoms with Gasteiger partial charge in [0.2, 0.25) is 0 Å². The maximum Gasteiger partial charge on any atom is 0.164 e. The largest absolute Gasteiger partial charge is 0.265 e. The summed E-state index contributed by atoms with van der Waals surface area (Å²) in [5.74, 6) is 1.88. The zero-order valence-corrected chi connectivity index (χ0v) is 23.7. The van der Waals surface area contributed by atoms with Gasteiger partial charge in [-0.2, -0.15) is 0 Å². The van der Waals surface area contributed by atoms with Gasteiger partial charge in [-0.15, -0.1) is 0 Å². The van der Waals surface area contributed by atoms with Crippen LogP contribution in [0.2, 0.25) is 0 Å². The first kappa shape index (κ1) is 25.6. The highest BCUT2D eigenvalue weighted by molar-refractivity contribution is 5.97. The van der Waals surface area contributed by atoms with E-state index in [4.69, 9.17) is 15.0 Å². The third-order valence-corrected chi connectivity index (χ3v) is 7.92. The molecule has 3 aromatic heterocycles. The zero-order valence-electron chi connectivity index (χ0n) is 23.7. The van der Waals surface area contributed by atoms with Gasteiger partial charge in [0.15, 0.2) is 17.5 Å². The topological polar surface area (TPSA) is 64.5 Å². The molecule has 0 aliphatic heterocycles. The third-order valence-electron chi connectivity index (χ3n) is 7.92. The summed E-state index contributed by atoms with van der Waals surface area (Å²) in [6.07, 6.45) is 7.26. The van der Waals surface area contributed by atoms with Crippen LogP contribution in [0.25, 0.3) is 78.0 Å². The molecule has 5 aromatic carbocycles. The summed E-state index contributed by atoms with van der Waals surface area (Å²) in [4.78, 5) is 23.9. The number of rotatable bonds is 5. The van der Waals surface area contributed by atoms with Crippen LogP contribution >= 0.6 is 0 Å². The van der Waals surface area contributed by atoms with Gasteiger partial charge in [-0.1, -0.05) is 84.9 Å². The molecule has 0 spiro atoms. The number of aromatic nitrogens is 5. The lowest BCUT2D eigenvalue weighted by Gasteiger charge is -2.13. The fraction of sp³-hybridized carbons (Fsp3) is 0. The van der Waals surface area contributed by atoms with E-state index in [-0.39, 0.29) is 0 Å². The molecule has 8 aromatic rings. The molecular formula is C39H25N5. The van der Waals surface area contributed by atoms with E-state index in [1.165, 1.54) is 0 Å². The number of nitrogens with zero attached hydrogens (tertiary/aromatic N) is 5. The van der Waals surface area contributed by atoms with E-state index in [1.54, 1.807) is 0 Å². The van der Waals surface area contributed by atoms with Crippen LogP contribution in [-0.4, -0.2) is 24.9 Å². The molecule has 206 valence electrons. The first-order valence-electron chi connectivity index (χ1n) is 14.5. The molecule has 0 bridgehead atoms. The molecular weight excluding hydrogens is 538 g/mol. The van der Waals surface area contributed by atoms with Crippen LogP contribution in [0.4, 0.5) is 0 Å². The van der Waals surface area contributed by atoms with Gasteiger partial charge >= 0.3 is 0 Å². The Kier molecular flexibility index (Phi) is 6.39. The van der Waals surface area contributed by atoms with Gasteiger partial charge in [0.25, 0.3) is 0 Å². The zero-order chi connectivity index (χ0) is 29.3. The Morgan fingerprint density at radius 1 is 0.318 bits per heavy atom. The van der Waals surface area contributed by atoms with Crippen LogP contribution in [0.3, 0.4) is 0 Å². The van der Waals surface area contributed by atoms with Crippen molar-refractivity contribution >= 4 is 21.5 Å². The molecule has 0 fully saturated rings. The van der Waals surface area contributed by atoms with Crippen molar-refractivity contribution in [2.45, 2.75) is 0 Å². The van der Waals surface area contributed by atoms with Gasteiger partial charge in [0, 0.05) is 41.5 Å². The summed E-state index contributed by atoms with van der Waals surface area (Å²) in [7, 11) is 0. The standard InChI is InChI=1S/C39H25N5/c1-3-11-33-28(7-1)9-5-13-35(33)38-42-37(43-39(44-38)36-14-6-10-29-8-2-4-12-34(29)36)32-24-30(26-15-19-40-20-16-26)23-31(25-32)27-17-21-41-22-18-27/h1-25H. The summed E-state index contributed by atoms with van der Waals surface area (Å²) in [6.45, 7) is 0. The van der Waals surface area contributed by atoms with Gasteiger partial charge in [0.1, 0.15) is 0 Å². The van der Waals surface area contributed by atoms with E-state index < -0.39 is 0 Å². The maximum absolute atomic E-state index is 5.15. The van der Waals surface area contributed by atoms with Crippen LogP contribution in [0.15, 0.2) is 152 Å². The summed E-state index contributed by atoms with van der Waals surface area (Å²) in [5.41, 5.74) is 7.06. The van der Waals surface area contributed by atoms with Crippen molar-refractivity contribution in [2.24, 2.45) is 0 Å². The van der Waals surface area contributed by atoms with Crippen molar-refractivity contribution in [3.8, 4) is 56.4 Å². The molecule has 5 nitrogen and oxygen atoms in total. The molecule has 0 saturated carbocycles. The lowest BCUT2D eigenvalue weighted by atomic mass is 9.96. The third kappa shape index (κ3) is 4.76. The first-order chi connectivity index (χ1) is 21.8. The van der Waals surface area contributed by atoms with Gasteiger partial charge < -0.3 is 0 Å². The van der Waals surface area contributed by atoms with E-state index in [2.05, 4.69) is 113 Å².